The lowest BCUT2D eigenvalue weighted by Crippen LogP contribution is -2.18. The summed E-state index contributed by atoms with van der Waals surface area (Å²) in [4.78, 5) is 24.8. The molecular weight excluding hydrogens is 480 g/mol. The average molecular weight is 515 g/mol. The van der Waals surface area contributed by atoms with Crippen LogP contribution in [0.4, 0.5) is 0 Å². The number of ketones is 1. The van der Waals surface area contributed by atoms with Crippen LogP contribution in [-0.4, -0.2) is 31.1 Å². The van der Waals surface area contributed by atoms with Crippen LogP contribution in [0.3, 0.4) is 0 Å². The van der Waals surface area contributed by atoms with Crippen LogP contribution >= 0.6 is 0 Å². The SMILES string of the molecule is COc1cc(C(=O)O)cc(OC)c1-c1cccc(COc2cc3c(c(C)c2C)C(=O)C(C2CCCC2)C3)c1. The molecule has 2 aliphatic rings. The van der Waals surface area contributed by atoms with E-state index in [-0.39, 0.29) is 11.5 Å². The van der Waals surface area contributed by atoms with Crippen molar-refractivity contribution in [2.75, 3.05) is 14.2 Å². The van der Waals surface area contributed by atoms with E-state index in [0.29, 0.717) is 35.4 Å². The molecule has 1 fully saturated rings. The third kappa shape index (κ3) is 4.64. The standard InChI is InChI=1S/C32H34O6/c1-18-19(2)29-23(13-25(31(29)33)21-9-5-6-10-21)14-26(18)38-17-20-8-7-11-22(12-20)30-27(36-3)15-24(32(34)35)16-28(30)37-4/h7-8,11-12,14-16,21,25H,5-6,9-10,13,17H2,1-4H3,(H,34,35). The molecule has 2 aliphatic carbocycles. The minimum Gasteiger partial charge on any atom is -0.496 e. The Hall–Kier alpha value is -3.80. The molecule has 0 aromatic heterocycles. The zero-order valence-electron chi connectivity index (χ0n) is 22.4. The predicted octanol–water partition coefficient (Wildman–Crippen LogP) is 6.81. The van der Waals surface area contributed by atoms with E-state index < -0.39 is 5.97 Å². The van der Waals surface area contributed by atoms with E-state index in [4.69, 9.17) is 14.2 Å². The van der Waals surface area contributed by atoms with Gasteiger partial charge in [-0.3, -0.25) is 4.79 Å². The lowest BCUT2D eigenvalue weighted by atomic mass is 9.87. The summed E-state index contributed by atoms with van der Waals surface area (Å²) >= 11 is 0. The summed E-state index contributed by atoms with van der Waals surface area (Å²) < 4.78 is 17.4. The highest BCUT2D eigenvalue weighted by Gasteiger charge is 2.39. The van der Waals surface area contributed by atoms with E-state index in [9.17, 15) is 14.7 Å². The number of benzene rings is 3. The van der Waals surface area contributed by atoms with E-state index >= 15 is 0 Å². The Morgan fingerprint density at radius 1 is 0.921 bits per heavy atom. The molecule has 1 saturated carbocycles. The van der Waals surface area contributed by atoms with Crippen LogP contribution in [0.15, 0.2) is 42.5 Å². The van der Waals surface area contributed by atoms with Crippen LogP contribution in [0.1, 0.15) is 68.7 Å². The largest absolute Gasteiger partial charge is 0.496 e. The van der Waals surface area contributed by atoms with E-state index in [1.807, 2.05) is 38.1 Å². The van der Waals surface area contributed by atoms with Gasteiger partial charge in [-0.05, 0) is 91.1 Å². The summed E-state index contributed by atoms with van der Waals surface area (Å²) in [5.41, 5.74) is 6.64. The van der Waals surface area contributed by atoms with Crippen molar-refractivity contribution in [3.8, 4) is 28.4 Å². The smallest absolute Gasteiger partial charge is 0.335 e. The molecule has 6 heteroatoms. The maximum absolute atomic E-state index is 13.3. The van der Waals surface area contributed by atoms with Gasteiger partial charge in [0.25, 0.3) is 0 Å². The zero-order valence-corrected chi connectivity index (χ0v) is 22.4. The Bertz CT molecular complexity index is 1370. The minimum absolute atomic E-state index is 0.0954. The molecule has 1 atom stereocenters. The van der Waals surface area contributed by atoms with Crippen molar-refractivity contribution in [1.29, 1.82) is 0 Å². The van der Waals surface area contributed by atoms with Crippen molar-refractivity contribution in [3.63, 3.8) is 0 Å². The summed E-state index contributed by atoms with van der Waals surface area (Å²) in [7, 11) is 3.02. The molecule has 6 nitrogen and oxygen atoms in total. The normalized spacial score (nSPS) is 16.9. The molecule has 0 saturated heterocycles. The van der Waals surface area contributed by atoms with Gasteiger partial charge < -0.3 is 19.3 Å². The van der Waals surface area contributed by atoms with E-state index in [1.54, 1.807) is 0 Å². The summed E-state index contributed by atoms with van der Waals surface area (Å²) in [5, 5.41) is 9.45. The molecular formula is C32H34O6. The summed E-state index contributed by atoms with van der Waals surface area (Å²) in [6.45, 7) is 4.41. The number of carbonyl (C=O) groups excluding carboxylic acids is 1. The number of methoxy groups -OCH3 is 2. The number of ether oxygens (including phenoxy) is 3. The molecule has 0 radical (unpaired) electrons. The van der Waals surface area contributed by atoms with Gasteiger partial charge in [-0.25, -0.2) is 4.79 Å². The fraction of sp³-hybridized carbons (Fsp3) is 0.375. The Balaban J connectivity index is 1.40. The number of carbonyl (C=O) groups is 2. The Labute approximate surface area is 223 Å². The number of Topliss-reactive ketones (excluding diaryl/α,β-unsaturated/α-hetero) is 1. The molecule has 3 aromatic carbocycles. The van der Waals surface area contributed by atoms with Gasteiger partial charge in [0.15, 0.2) is 5.78 Å². The van der Waals surface area contributed by atoms with Crippen LogP contribution < -0.4 is 14.2 Å². The molecule has 5 rings (SSSR count). The van der Waals surface area contributed by atoms with Crippen LogP contribution in [0.5, 0.6) is 17.2 Å². The number of hydrogen-bond acceptors (Lipinski definition) is 5. The van der Waals surface area contributed by atoms with Gasteiger partial charge in [-0.1, -0.05) is 31.0 Å². The van der Waals surface area contributed by atoms with Crippen molar-refractivity contribution >= 4 is 11.8 Å². The number of carboxylic acid groups (broad SMARTS) is 1. The molecule has 0 spiro atoms. The highest BCUT2D eigenvalue weighted by atomic mass is 16.5. The van der Waals surface area contributed by atoms with Crippen LogP contribution in [0.2, 0.25) is 0 Å². The number of carboxylic acids is 1. The Kier molecular flexibility index (Phi) is 7.15. The predicted molar refractivity (Wildman–Crippen MR) is 146 cm³/mol. The first-order valence-corrected chi connectivity index (χ1v) is 13.2. The second-order valence-corrected chi connectivity index (χ2v) is 10.4. The van der Waals surface area contributed by atoms with Gasteiger partial charge in [-0.15, -0.1) is 0 Å². The fourth-order valence-electron chi connectivity index (χ4n) is 6.16. The van der Waals surface area contributed by atoms with Gasteiger partial charge >= 0.3 is 5.97 Å². The first kappa shape index (κ1) is 25.8. The Morgan fingerprint density at radius 3 is 2.24 bits per heavy atom. The first-order chi connectivity index (χ1) is 18.3. The molecule has 38 heavy (non-hydrogen) atoms. The van der Waals surface area contributed by atoms with E-state index in [2.05, 4.69) is 6.07 Å². The van der Waals surface area contributed by atoms with Gasteiger partial charge in [0.1, 0.15) is 23.9 Å². The summed E-state index contributed by atoms with van der Waals surface area (Å²) in [6.07, 6.45) is 5.61. The maximum Gasteiger partial charge on any atom is 0.335 e. The molecule has 0 aliphatic heterocycles. The van der Waals surface area contributed by atoms with Crippen molar-refractivity contribution in [1.82, 2.24) is 0 Å². The van der Waals surface area contributed by atoms with Crippen molar-refractivity contribution in [3.05, 3.63) is 75.8 Å². The monoisotopic (exact) mass is 514 g/mol. The summed E-state index contributed by atoms with van der Waals surface area (Å²) in [6, 6.07) is 12.9. The first-order valence-electron chi connectivity index (χ1n) is 13.2. The van der Waals surface area contributed by atoms with Crippen molar-refractivity contribution < 1.29 is 28.9 Å². The molecule has 0 bridgehead atoms. The third-order valence-corrected chi connectivity index (χ3v) is 8.29. The van der Waals surface area contributed by atoms with Crippen LogP contribution in [0.25, 0.3) is 11.1 Å². The third-order valence-electron chi connectivity index (χ3n) is 8.29. The van der Waals surface area contributed by atoms with E-state index in [1.165, 1.54) is 39.2 Å². The maximum atomic E-state index is 13.3. The highest BCUT2D eigenvalue weighted by molar-refractivity contribution is 6.04. The molecule has 1 N–H and O–H groups in total. The quantitative estimate of drug-likeness (QED) is 0.356. The van der Waals surface area contributed by atoms with Crippen molar-refractivity contribution in [2.24, 2.45) is 11.8 Å². The topological polar surface area (TPSA) is 82.1 Å². The highest BCUT2D eigenvalue weighted by Crippen LogP contribution is 2.43. The molecule has 198 valence electrons. The van der Waals surface area contributed by atoms with Gasteiger partial charge in [0, 0.05) is 11.5 Å². The lowest BCUT2D eigenvalue weighted by molar-refractivity contribution is 0.0695. The Morgan fingerprint density at radius 2 is 1.61 bits per heavy atom. The van der Waals surface area contributed by atoms with Crippen LogP contribution in [-0.2, 0) is 13.0 Å². The van der Waals surface area contributed by atoms with Gasteiger partial charge in [0.2, 0.25) is 0 Å². The van der Waals surface area contributed by atoms with Gasteiger partial charge in [-0.2, -0.15) is 0 Å². The summed E-state index contributed by atoms with van der Waals surface area (Å²) in [5.74, 6) is 1.57. The number of rotatable bonds is 8. The molecule has 0 amide bonds. The average Bonchev–Trinajstić information content (AvgIpc) is 3.57. The zero-order chi connectivity index (χ0) is 27.0. The van der Waals surface area contributed by atoms with E-state index in [0.717, 1.165) is 58.4 Å². The minimum atomic E-state index is -1.05. The number of aromatic carboxylic acids is 1. The molecule has 1 unspecified atom stereocenters. The lowest BCUT2D eigenvalue weighted by Gasteiger charge is -2.17. The second kappa shape index (κ2) is 10.5. The number of hydrogen-bond donors (Lipinski definition) is 1. The molecule has 0 heterocycles. The van der Waals surface area contributed by atoms with Crippen LogP contribution in [0, 0.1) is 25.7 Å². The molecule has 3 aromatic rings. The number of fused-ring (bicyclic) bond motifs is 1. The van der Waals surface area contributed by atoms with Gasteiger partial charge in [0.05, 0.1) is 25.3 Å². The second-order valence-electron chi connectivity index (χ2n) is 10.4. The fourth-order valence-corrected chi connectivity index (χ4v) is 6.16. The van der Waals surface area contributed by atoms with Crippen molar-refractivity contribution in [2.45, 2.75) is 52.6 Å².